The van der Waals surface area contributed by atoms with E-state index in [2.05, 4.69) is 42.5 Å². The van der Waals surface area contributed by atoms with Crippen LogP contribution in [0.1, 0.15) is 30.4 Å². The van der Waals surface area contributed by atoms with Crippen molar-refractivity contribution in [1.29, 1.82) is 0 Å². The van der Waals surface area contributed by atoms with Crippen LogP contribution < -0.4 is 10.5 Å². The maximum atomic E-state index is 10.7. The number of halogens is 1. The van der Waals surface area contributed by atoms with Crippen molar-refractivity contribution < 1.29 is 9.84 Å². The number of nitrogens with two attached hydrogens (primary N) is 1. The number of aliphatic hydroxyl groups excluding tert-OH is 1. The number of hydrogen-bond donors (Lipinski definition) is 2. The number of para-hydroxylation sites is 1. The summed E-state index contributed by atoms with van der Waals surface area (Å²) in [6.45, 7) is 0. The molecule has 30 heavy (non-hydrogen) atoms. The van der Waals surface area contributed by atoms with Gasteiger partial charge >= 0.3 is 0 Å². The zero-order chi connectivity index (χ0) is 20.1. The fraction of sp³-hybridized carbons (Fsp3) is 0.308. The molecule has 158 valence electrons. The van der Waals surface area contributed by atoms with Crippen LogP contribution in [0.4, 0.5) is 0 Å². The van der Waals surface area contributed by atoms with Gasteiger partial charge < -0.3 is 9.84 Å². The van der Waals surface area contributed by atoms with Gasteiger partial charge in [0.15, 0.2) is 6.23 Å². The molecule has 4 rings (SSSR count). The first-order valence-corrected chi connectivity index (χ1v) is 10.5. The third kappa shape index (κ3) is 5.63. The van der Waals surface area contributed by atoms with Gasteiger partial charge in [-0.2, -0.15) is 0 Å². The van der Waals surface area contributed by atoms with Gasteiger partial charge in [0.2, 0.25) is 0 Å². The van der Waals surface area contributed by atoms with Crippen LogP contribution in [-0.4, -0.2) is 17.4 Å². The van der Waals surface area contributed by atoms with Crippen LogP contribution in [0.3, 0.4) is 0 Å². The minimum Gasteiger partial charge on any atom is -0.473 e. The summed E-state index contributed by atoms with van der Waals surface area (Å²) in [6, 6.07) is 26.8. The van der Waals surface area contributed by atoms with E-state index in [0.717, 1.165) is 25.7 Å². The molecule has 0 aliphatic heterocycles. The highest BCUT2D eigenvalue weighted by atomic mass is 35.5. The summed E-state index contributed by atoms with van der Waals surface area (Å²) in [6.07, 6.45) is 3.58. The molecule has 3 nitrogen and oxygen atoms in total. The predicted molar refractivity (Wildman–Crippen MR) is 125 cm³/mol. The van der Waals surface area contributed by atoms with Crippen molar-refractivity contribution in [3.8, 4) is 16.9 Å². The Morgan fingerprint density at radius 2 is 1.60 bits per heavy atom. The number of hydrogen-bond acceptors (Lipinski definition) is 3. The Balaban J connectivity index is 0.00000256. The van der Waals surface area contributed by atoms with E-state index in [1.54, 1.807) is 0 Å². The Bertz CT molecular complexity index is 917. The number of aliphatic hydroxyl groups is 1. The molecule has 0 radical (unpaired) electrons. The number of aryl methyl sites for hydroxylation is 1. The Morgan fingerprint density at radius 3 is 2.33 bits per heavy atom. The van der Waals surface area contributed by atoms with Gasteiger partial charge in [-0.1, -0.05) is 66.7 Å². The van der Waals surface area contributed by atoms with Crippen molar-refractivity contribution in [1.82, 2.24) is 0 Å². The molecule has 3 N–H and O–H groups in total. The van der Waals surface area contributed by atoms with Gasteiger partial charge in [-0.15, -0.1) is 12.4 Å². The van der Waals surface area contributed by atoms with Gasteiger partial charge in [-0.25, -0.2) is 0 Å². The molecular formula is C26H30ClNO2. The quantitative estimate of drug-likeness (QED) is 0.413. The molecule has 0 saturated carbocycles. The van der Waals surface area contributed by atoms with E-state index in [1.807, 2.05) is 36.4 Å². The summed E-state index contributed by atoms with van der Waals surface area (Å²) in [4.78, 5) is 0. The predicted octanol–water partition coefficient (Wildman–Crippen LogP) is 5.39. The van der Waals surface area contributed by atoms with Crippen LogP contribution in [0, 0.1) is 5.92 Å². The summed E-state index contributed by atoms with van der Waals surface area (Å²) in [5, 5.41) is 10.7. The van der Waals surface area contributed by atoms with Crippen LogP contribution in [0.25, 0.3) is 11.1 Å². The molecule has 0 bridgehead atoms. The van der Waals surface area contributed by atoms with Gasteiger partial charge in [0.05, 0.1) is 0 Å². The monoisotopic (exact) mass is 423 g/mol. The highest BCUT2D eigenvalue weighted by molar-refractivity contribution is 5.85. The van der Waals surface area contributed by atoms with E-state index < -0.39 is 12.3 Å². The lowest BCUT2D eigenvalue weighted by Gasteiger charge is -2.24. The molecule has 4 heteroatoms. The molecule has 0 aromatic heterocycles. The third-order valence-electron chi connectivity index (χ3n) is 5.85. The lowest BCUT2D eigenvalue weighted by Crippen LogP contribution is -2.41. The van der Waals surface area contributed by atoms with Crippen LogP contribution in [-0.2, 0) is 12.8 Å². The molecule has 3 atom stereocenters. The maximum Gasteiger partial charge on any atom is 0.173 e. The summed E-state index contributed by atoms with van der Waals surface area (Å²) in [5.74, 6) is 1.10. The van der Waals surface area contributed by atoms with Crippen molar-refractivity contribution in [2.45, 2.75) is 44.4 Å². The SMILES string of the molecule is Cl.NC(Oc1ccccc1)[C@@H](O)CC1CCCc2ccc(-c3ccccc3)cc2C1. The fourth-order valence-electron chi connectivity index (χ4n) is 4.28. The van der Waals surface area contributed by atoms with Crippen LogP contribution in [0.15, 0.2) is 78.9 Å². The first-order valence-electron chi connectivity index (χ1n) is 10.5. The summed E-state index contributed by atoms with van der Waals surface area (Å²) >= 11 is 0. The van der Waals surface area contributed by atoms with E-state index in [9.17, 15) is 5.11 Å². The maximum absolute atomic E-state index is 10.7. The first kappa shape index (κ1) is 22.4. The lowest BCUT2D eigenvalue weighted by molar-refractivity contribution is 0.0229. The van der Waals surface area contributed by atoms with Crippen molar-refractivity contribution in [3.05, 3.63) is 90.0 Å². The number of ether oxygens (including phenoxy) is 1. The third-order valence-corrected chi connectivity index (χ3v) is 5.85. The second-order valence-electron chi connectivity index (χ2n) is 8.01. The Labute approximate surface area is 185 Å². The minimum atomic E-state index is -0.712. The van der Waals surface area contributed by atoms with Crippen LogP contribution >= 0.6 is 12.4 Å². The molecule has 0 spiro atoms. The zero-order valence-corrected chi connectivity index (χ0v) is 17.9. The molecule has 0 amide bonds. The number of benzene rings is 3. The molecule has 0 saturated heterocycles. The number of fused-ring (bicyclic) bond motifs is 1. The van der Waals surface area contributed by atoms with E-state index in [1.165, 1.54) is 22.3 Å². The molecule has 3 aromatic rings. The van der Waals surface area contributed by atoms with Crippen molar-refractivity contribution in [2.75, 3.05) is 0 Å². The van der Waals surface area contributed by atoms with E-state index in [4.69, 9.17) is 10.5 Å². The normalized spacial score (nSPS) is 17.7. The average Bonchev–Trinajstić information content (AvgIpc) is 2.96. The highest BCUT2D eigenvalue weighted by Gasteiger charge is 2.24. The van der Waals surface area contributed by atoms with E-state index in [-0.39, 0.29) is 12.4 Å². The van der Waals surface area contributed by atoms with Gasteiger partial charge in [0.25, 0.3) is 0 Å². The lowest BCUT2D eigenvalue weighted by atomic mass is 9.90. The summed E-state index contributed by atoms with van der Waals surface area (Å²) in [5.41, 5.74) is 11.5. The number of rotatable bonds is 6. The topological polar surface area (TPSA) is 55.5 Å². The largest absolute Gasteiger partial charge is 0.473 e. The Hall–Kier alpha value is -2.33. The molecule has 3 aromatic carbocycles. The molecule has 1 aliphatic carbocycles. The first-order chi connectivity index (χ1) is 14.2. The summed E-state index contributed by atoms with van der Waals surface area (Å²) < 4.78 is 5.72. The van der Waals surface area contributed by atoms with Crippen LogP contribution in [0.2, 0.25) is 0 Å². The molecule has 0 heterocycles. The molecule has 2 unspecified atom stereocenters. The van der Waals surface area contributed by atoms with E-state index >= 15 is 0 Å². The Morgan fingerprint density at radius 1 is 0.900 bits per heavy atom. The smallest absolute Gasteiger partial charge is 0.173 e. The average molecular weight is 424 g/mol. The molecule has 0 fully saturated rings. The Kier molecular flexibility index (Phi) is 7.92. The van der Waals surface area contributed by atoms with Crippen molar-refractivity contribution in [2.24, 2.45) is 11.7 Å². The van der Waals surface area contributed by atoms with Crippen LogP contribution in [0.5, 0.6) is 5.75 Å². The fourth-order valence-corrected chi connectivity index (χ4v) is 4.28. The van der Waals surface area contributed by atoms with Gasteiger partial charge in [0, 0.05) is 0 Å². The standard InChI is InChI=1S/C26H29NO2.ClH/c27-26(29-24-12-5-2-6-13-24)25(28)17-19-8-7-11-21-14-15-22(18-23(21)16-19)20-9-3-1-4-10-20;/h1-6,9-10,12-15,18-19,25-26,28H,7-8,11,16-17,27H2;1H/t19?,25-,26?;/m0./s1. The summed E-state index contributed by atoms with van der Waals surface area (Å²) in [7, 11) is 0. The van der Waals surface area contributed by atoms with Gasteiger partial charge in [0.1, 0.15) is 11.9 Å². The van der Waals surface area contributed by atoms with E-state index in [0.29, 0.717) is 18.1 Å². The van der Waals surface area contributed by atoms with Gasteiger partial charge in [-0.3, -0.25) is 5.73 Å². The minimum absolute atomic E-state index is 0. The second kappa shape index (κ2) is 10.6. The molecule has 1 aliphatic rings. The zero-order valence-electron chi connectivity index (χ0n) is 17.1. The molecular weight excluding hydrogens is 394 g/mol. The van der Waals surface area contributed by atoms with Crippen molar-refractivity contribution in [3.63, 3.8) is 0 Å². The highest BCUT2D eigenvalue weighted by Crippen LogP contribution is 2.31. The second-order valence-corrected chi connectivity index (χ2v) is 8.01. The van der Waals surface area contributed by atoms with Crippen molar-refractivity contribution >= 4 is 12.4 Å². The van der Waals surface area contributed by atoms with Gasteiger partial charge in [-0.05, 0) is 72.4 Å².